The van der Waals surface area contributed by atoms with Gasteiger partial charge in [-0.3, -0.25) is 9.59 Å². The van der Waals surface area contributed by atoms with E-state index in [1.54, 1.807) is 11.0 Å². The third-order valence-electron chi connectivity index (χ3n) is 3.57. The molecule has 8 nitrogen and oxygen atoms in total. The molecule has 24 heavy (non-hydrogen) atoms. The van der Waals surface area contributed by atoms with Gasteiger partial charge in [0.1, 0.15) is 6.54 Å². The molecule has 0 radical (unpaired) electrons. The summed E-state index contributed by atoms with van der Waals surface area (Å²) in [7, 11) is -3.67. The van der Waals surface area contributed by atoms with E-state index < -0.39 is 28.6 Å². The molecule has 1 aromatic rings. The third kappa shape index (κ3) is 5.00. The maximum absolute atomic E-state index is 12.5. The number of amides is 1. The highest BCUT2D eigenvalue weighted by Gasteiger charge is 2.30. The van der Waals surface area contributed by atoms with Gasteiger partial charge in [-0.15, -0.1) is 11.3 Å². The SMILES string of the molecule is Cc1ccc(C(=O)N2CCO[C@H](CN(CC(=O)O)S(C)(=O)=O)C2)s1. The van der Waals surface area contributed by atoms with Gasteiger partial charge in [0, 0.05) is 24.5 Å². The van der Waals surface area contributed by atoms with Crippen LogP contribution in [0.1, 0.15) is 14.5 Å². The first-order chi connectivity index (χ1) is 11.2. The Morgan fingerprint density at radius 1 is 1.46 bits per heavy atom. The Morgan fingerprint density at radius 3 is 2.71 bits per heavy atom. The number of ether oxygens (including phenoxy) is 1. The number of carbonyl (C=O) groups is 2. The molecule has 134 valence electrons. The minimum Gasteiger partial charge on any atom is -0.480 e. The molecule has 1 atom stereocenters. The van der Waals surface area contributed by atoms with Crippen LogP contribution in [0.15, 0.2) is 12.1 Å². The number of aryl methyl sites for hydroxylation is 1. The van der Waals surface area contributed by atoms with E-state index in [1.165, 1.54) is 11.3 Å². The molecule has 1 fully saturated rings. The van der Waals surface area contributed by atoms with Gasteiger partial charge in [-0.25, -0.2) is 8.42 Å². The van der Waals surface area contributed by atoms with Gasteiger partial charge in [-0.2, -0.15) is 4.31 Å². The standard InChI is InChI=1S/C14H20N2O6S2/c1-10-3-4-12(23-10)14(19)15-5-6-22-11(7-15)8-16(9-13(17)18)24(2,20)21/h3-4,11H,5-9H2,1-2H3,(H,17,18)/t11-/m0/s1. The molecule has 2 heterocycles. The van der Waals surface area contributed by atoms with Crippen LogP contribution < -0.4 is 0 Å². The molecule has 1 N–H and O–H groups in total. The number of aliphatic carboxylic acids is 1. The van der Waals surface area contributed by atoms with E-state index in [1.807, 2.05) is 13.0 Å². The molecule has 0 aromatic carbocycles. The van der Waals surface area contributed by atoms with E-state index in [9.17, 15) is 18.0 Å². The Balaban J connectivity index is 2.04. The van der Waals surface area contributed by atoms with Gasteiger partial charge in [-0.1, -0.05) is 0 Å². The van der Waals surface area contributed by atoms with Crippen molar-refractivity contribution in [2.24, 2.45) is 0 Å². The second-order valence-electron chi connectivity index (χ2n) is 5.60. The van der Waals surface area contributed by atoms with Crippen molar-refractivity contribution in [2.75, 3.05) is 39.0 Å². The molecular formula is C14H20N2O6S2. The zero-order valence-electron chi connectivity index (χ0n) is 13.5. The summed E-state index contributed by atoms with van der Waals surface area (Å²) in [6.45, 7) is 2.12. The lowest BCUT2D eigenvalue weighted by molar-refractivity contribution is -0.137. The molecule has 0 spiro atoms. The molecule has 1 amide bonds. The van der Waals surface area contributed by atoms with Crippen molar-refractivity contribution in [3.63, 3.8) is 0 Å². The summed E-state index contributed by atoms with van der Waals surface area (Å²) in [4.78, 5) is 26.6. The summed E-state index contributed by atoms with van der Waals surface area (Å²) >= 11 is 1.40. The second kappa shape index (κ2) is 7.60. The summed E-state index contributed by atoms with van der Waals surface area (Å²) in [6, 6.07) is 3.63. The van der Waals surface area contributed by atoms with Gasteiger partial charge in [-0.05, 0) is 19.1 Å². The highest BCUT2D eigenvalue weighted by molar-refractivity contribution is 7.88. The second-order valence-corrected chi connectivity index (χ2v) is 8.87. The van der Waals surface area contributed by atoms with Crippen molar-refractivity contribution < 1.29 is 27.9 Å². The lowest BCUT2D eigenvalue weighted by Crippen LogP contribution is -2.51. The normalized spacial score (nSPS) is 18.8. The minimum absolute atomic E-state index is 0.0988. The topological polar surface area (TPSA) is 104 Å². The van der Waals surface area contributed by atoms with Gasteiger partial charge in [0.25, 0.3) is 5.91 Å². The predicted octanol–water partition coefficient (Wildman–Crippen LogP) is 0.244. The van der Waals surface area contributed by atoms with E-state index in [0.29, 0.717) is 11.4 Å². The van der Waals surface area contributed by atoms with Crippen LogP contribution in [0.2, 0.25) is 0 Å². The molecule has 0 aliphatic carbocycles. The first-order valence-electron chi connectivity index (χ1n) is 7.31. The number of carbonyl (C=O) groups excluding carboxylic acids is 1. The van der Waals surface area contributed by atoms with E-state index >= 15 is 0 Å². The molecule has 0 bridgehead atoms. The molecular weight excluding hydrogens is 356 g/mol. The Labute approximate surface area is 144 Å². The number of hydrogen-bond acceptors (Lipinski definition) is 6. The molecule has 1 aliphatic rings. The first kappa shape index (κ1) is 18.8. The van der Waals surface area contributed by atoms with Crippen LogP contribution in [0.25, 0.3) is 0 Å². The van der Waals surface area contributed by atoms with Crippen molar-refractivity contribution in [3.8, 4) is 0 Å². The van der Waals surface area contributed by atoms with Crippen LogP contribution >= 0.6 is 11.3 Å². The maximum atomic E-state index is 12.5. The number of nitrogens with zero attached hydrogens (tertiary/aromatic N) is 2. The van der Waals surface area contributed by atoms with Crippen molar-refractivity contribution in [2.45, 2.75) is 13.0 Å². The van der Waals surface area contributed by atoms with Gasteiger partial charge >= 0.3 is 5.97 Å². The average Bonchev–Trinajstić information content (AvgIpc) is 2.91. The average molecular weight is 376 g/mol. The zero-order chi connectivity index (χ0) is 17.9. The van der Waals surface area contributed by atoms with Crippen LogP contribution in [0, 0.1) is 6.92 Å². The summed E-state index contributed by atoms with van der Waals surface area (Å²) in [5.41, 5.74) is 0. The van der Waals surface area contributed by atoms with Crippen molar-refractivity contribution in [1.82, 2.24) is 9.21 Å². The van der Waals surface area contributed by atoms with E-state index in [-0.39, 0.29) is 25.6 Å². The lowest BCUT2D eigenvalue weighted by Gasteiger charge is -2.34. The molecule has 1 saturated heterocycles. The summed E-state index contributed by atoms with van der Waals surface area (Å²) in [6.07, 6.45) is 0.397. The lowest BCUT2D eigenvalue weighted by atomic mass is 10.2. The monoisotopic (exact) mass is 376 g/mol. The van der Waals surface area contributed by atoms with Gasteiger partial charge in [0.15, 0.2) is 0 Å². The Kier molecular flexibility index (Phi) is 5.97. The summed E-state index contributed by atoms with van der Waals surface area (Å²) < 4.78 is 29.8. The first-order valence-corrected chi connectivity index (χ1v) is 9.97. The number of thiophene rings is 1. The molecule has 10 heteroatoms. The summed E-state index contributed by atoms with van der Waals surface area (Å²) in [5, 5.41) is 8.86. The number of carboxylic acids is 1. The van der Waals surface area contributed by atoms with Crippen LogP contribution in [0.5, 0.6) is 0 Å². The number of rotatable bonds is 6. The Hall–Kier alpha value is -1.49. The quantitative estimate of drug-likeness (QED) is 0.763. The highest BCUT2D eigenvalue weighted by atomic mass is 32.2. The van der Waals surface area contributed by atoms with Crippen LogP contribution in [0.3, 0.4) is 0 Å². The number of hydrogen-bond donors (Lipinski definition) is 1. The summed E-state index contributed by atoms with van der Waals surface area (Å²) in [5.74, 6) is -1.36. The number of carboxylic acid groups (broad SMARTS) is 1. The minimum atomic E-state index is -3.67. The van der Waals surface area contributed by atoms with Gasteiger partial charge in [0.05, 0.1) is 23.8 Å². The Bertz CT molecular complexity index is 715. The van der Waals surface area contributed by atoms with Crippen molar-refractivity contribution in [1.29, 1.82) is 0 Å². The van der Waals surface area contributed by atoms with Crippen LogP contribution in [-0.2, 0) is 19.6 Å². The fourth-order valence-electron chi connectivity index (χ4n) is 2.41. The molecule has 2 rings (SSSR count). The third-order valence-corrected chi connectivity index (χ3v) is 5.77. The molecule has 0 unspecified atom stereocenters. The van der Waals surface area contributed by atoms with Crippen LogP contribution in [-0.4, -0.2) is 79.8 Å². The molecule has 1 aliphatic heterocycles. The van der Waals surface area contributed by atoms with E-state index in [4.69, 9.17) is 9.84 Å². The van der Waals surface area contributed by atoms with Gasteiger partial charge < -0.3 is 14.7 Å². The van der Waals surface area contributed by atoms with E-state index in [0.717, 1.165) is 15.4 Å². The number of morpholine rings is 1. The maximum Gasteiger partial charge on any atom is 0.318 e. The smallest absolute Gasteiger partial charge is 0.318 e. The van der Waals surface area contributed by atoms with Gasteiger partial charge in [0.2, 0.25) is 10.0 Å². The zero-order valence-corrected chi connectivity index (χ0v) is 15.1. The highest BCUT2D eigenvalue weighted by Crippen LogP contribution is 2.19. The fourth-order valence-corrected chi connectivity index (χ4v) is 4.03. The van der Waals surface area contributed by atoms with Crippen molar-refractivity contribution >= 4 is 33.2 Å². The largest absolute Gasteiger partial charge is 0.480 e. The fraction of sp³-hybridized carbons (Fsp3) is 0.571. The number of sulfonamides is 1. The van der Waals surface area contributed by atoms with E-state index in [2.05, 4.69) is 0 Å². The van der Waals surface area contributed by atoms with Crippen LogP contribution in [0.4, 0.5) is 0 Å². The predicted molar refractivity (Wildman–Crippen MR) is 88.8 cm³/mol. The molecule has 1 aromatic heterocycles. The molecule has 0 saturated carbocycles. The van der Waals surface area contributed by atoms with Crippen molar-refractivity contribution in [3.05, 3.63) is 21.9 Å². The Morgan fingerprint density at radius 2 is 2.17 bits per heavy atom.